The summed E-state index contributed by atoms with van der Waals surface area (Å²) in [5.41, 5.74) is 6.74. The van der Waals surface area contributed by atoms with Gasteiger partial charge in [-0.25, -0.2) is 0 Å². The van der Waals surface area contributed by atoms with Crippen molar-refractivity contribution >= 4 is 0 Å². The van der Waals surface area contributed by atoms with Crippen molar-refractivity contribution in [3.05, 3.63) is 17.7 Å². The Bertz CT molecular complexity index is 330. The number of methoxy groups -OCH3 is 3. The molecule has 0 spiro atoms. The molecule has 0 saturated heterocycles. The molecule has 3 N–H and O–H groups in total. The smallest absolute Gasteiger partial charge is 0.203 e. The van der Waals surface area contributed by atoms with Crippen molar-refractivity contribution in [2.45, 2.75) is 6.17 Å². The van der Waals surface area contributed by atoms with Gasteiger partial charge >= 0.3 is 0 Å². The van der Waals surface area contributed by atoms with Crippen LogP contribution < -0.4 is 25.3 Å². The van der Waals surface area contributed by atoms with E-state index in [1.807, 2.05) is 12.1 Å². The number of nitrogens with two attached hydrogens (primary N) is 1. The fourth-order valence-electron chi connectivity index (χ4n) is 1.45. The SMILES string of the molecule is CNC(N)c1cc(OC)c(OC)c(OC)c1. The average Bonchev–Trinajstić information content (AvgIpc) is 2.35. The van der Waals surface area contributed by atoms with Crippen molar-refractivity contribution in [3.8, 4) is 17.2 Å². The molecular weight excluding hydrogens is 208 g/mol. The molecule has 0 amide bonds. The minimum Gasteiger partial charge on any atom is -0.493 e. The zero-order chi connectivity index (χ0) is 12.1. The molecule has 5 nitrogen and oxygen atoms in total. The third-order valence-corrected chi connectivity index (χ3v) is 2.36. The Morgan fingerprint density at radius 1 is 1.06 bits per heavy atom. The van der Waals surface area contributed by atoms with Crippen LogP contribution in [0.3, 0.4) is 0 Å². The van der Waals surface area contributed by atoms with Gasteiger partial charge in [0.2, 0.25) is 5.75 Å². The number of hydrogen-bond donors (Lipinski definition) is 2. The molecule has 0 heterocycles. The van der Waals surface area contributed by atoms with Crippen LogP contribution >= 0.6 is 0 Å². The van der Waals surface area contributed by atoms with Crippen LogP contribution in [0, 0.1) is 0 Å². The van der Waals surface area contributed by atoms with E-state index < -0.39 is 0 Å². The largest absolute Gasteiger partial charge is 0.493 e. The molecule has 0 bridgehead atoms. The fourth-order valence-corrected chi connectivity index (χ4v) is 1.45. The topological polar surface area (TPSA) is 65.7 Å². The summed E-state index contributed by atoms with van der Waals surface area (Å²) >= 11 is 0. The Labute approximate surface area is 95.5 Å². The zero-order valence-corrected chi connectivity index (χ0v) is 10.0. The summed E-state index contributed by atoms with van der Waals surface area (Å²) in [6.07, 6.45) is -0.270. The zero-order valence-electron chi connectivity index (χ0n) is 10.0. The van der Waals surface area contributed by atoms with Crippen LogP contribution in [0.5, 0.6) is 17.2 Å². The van der Waals surface area contributed by atoms with Gasteiger partial charge in [-0.3, -0.25) is 0 Å². The lowest BCUT2D eigenvalue weighted by molar-refractivity contribution is 0.323. The maximum Gasteiger partial charge on any atom is 0.203 e. The van der Waals surface area contributed by atoms with Crippen molar-refractivity contribution in [1.82, 2.24) is 5.32 Å². The van der Waals surface area contributed by atoms with Gasteiger partial charge in [0.15, 0.2) is 11.5 Å². The van der Waals surface area contributed by atoms with Gasteiger partial charge in [-0.2, -0.15) is 0 Å². The second kappa shape index (κ2) is 5.58. The van der Waals surface area contributed by atoms with Gasteiger partial charge in [0.1, 0.15) is 0 Å². The Kier molecular flexibility index (Phi) is 4.39. The molecule has 1 aromatic rings. The van der Waals surface area contributed by atoms with Gasteiger partial charge < -0.3 is 25.3 Å². The van der Waals surface area contributed by atoms with Gasteiger partial charge in [0, 0.05) is 0 Å². The Hall–Kier alpha value is -1.46. The van der Waals surface area contributed by atoms with E-state index in [2.05, 4.69) is 5.32 Å². The maximum absolute atomic E-state index is 5.87. The second-order valence-electron chi connectivity index (χ2n) is 3.23. The first-order valence-electron chi connectivity index (χ1n) is 4.90. The van der Waals surface area contributed by atoms with E-state index in [-0.39, 0.29) is 6.17 Å². The lowest BCUT2D eigenvalue weighted by Gasteiger charge is -2.17. The summed E-state index contributed by atoms with van der Waals surface area (Å²) in [5.74, 6) is 1.77. The summed E-state index contributed by atoms with van der Waals surface area (Å²) < 4.78 is 15.7. The lowest BCUT2D eigenvalue weighted by atomic mass is 10.1. The summed E-state index contributed by atoms with van der Waals surface area (Å²) in [7, 11) is 6.50. The quantitative estimate of drug-likeness (QED) is 0.730. The van der Waals surface area contributed by atoms with Crippen LogP contribution in [0.15, 0.2) is 12.1 Å². The van der Waals surface area contributed by atoms with Crippen LogP contribution in [0.2, 0.25) is 0 Å². The molecule has 0 fully saturated rings. The van der Waals surface area contributed by atoms with Crippen LogP contribution in [-0.4, -0.2) is 28.4 Å². The lowest BCUT2D eigenvalue weighted by Crippen LogP contribution is -2.24. The molecule has 0 aromatic heterocycles. The number of benzene rings is 1. The highest BCUT2D eigenvalue weighted by molar-refractivity contribution is 5.54. The molecule has 1 rings (SSSR count). The second-order valence-corrected chi connectivity index (χ2v) is 3.23. The van der Waals surface area contributed by atoms with Crippen LogP contribution in [0.4, 0.5) is 0 Å². The predicted molar refractivity (Wildman–Crippen MR) is 62.1 cm³/mol. The van der Waals surface area contributed by atoms with E-state index in [1.165, 1.54) is 0 Å². The normalized spacial score (nSPS) is 12.1. The van der Waals surface area contributed by atoms with Gasteiger partial charge in [-0.1, -0.05) is 0 Å². The summed E-state index contributed by atoms with van der Waals surface area (Å²) in [6.45, 7) is 0. The van der Waals surface area contributed by atoms with Crippen molar-refractivity contribution in [3.63, 3.8) is 0 Å². The Morgan fingerprint density at radius 2 is 1.56 bits per heavy atom. The van der Waals surface area contributed by atoms with E-state index in [0.717, 1.165) is 5.56 Å². The number of ether oxygens (including phenoxy) is 3. The van der Waals surface area contributed by atoms with Gasteiger partial charge in [-0.15, -0.1) is 0 Å². The third kappa shape index (κ3) is 2.37. The van der Waals surface area contributed by atoms with E-state index >= 15 is 0 Å². The van der Waals surface area contributed by atoms with Crippen molar-refractivity contribution in [2.24, 2.45) is 5.73 Å². The van der Waals surface area contributed by atoms with Crippen LogP contribution in [0.25, 0.3) is 0 Å². The summed E-state index contributed by atoms with van der Waals surface area (Å²) in [4.78, 5) is 0. The van der Waals surface area contributed by atoms with Gasteiger partial charge in [0.25, 0.3) is 0 Å². The van der Waals surface area contributed by atoms with Crippen molar-refractivity contribution in [1.29, 1.82) is 0 Å². The maximum atomic E-state index is 5.87. The first-order valence-corrected chi connectivity index (χ1v) is 4.90. The highest BCUT2D eigenvalue weighted by Crippen LogP contribution is 2.38. The molecule has 0 aliphatic rings. The fraction of sp³-hybridized carbons (Fsp3) is 0.455. The van der Waals surface area contributed by atoms with Crippen molar-refractivity contribution < 1.29 is 14.2 Å². The monoisotopic (exact) mass is 226 g/mol. The number of hydrogen-bond acceptors (Lipinski definition) is 5. The molecule has 0 radical (unpaired) electrons. The van der Waals surface area contributed by atoms with E-state index in [1.54, 1.807) is 28.4 Å². The summed E-state index contributed by atoms with van der Waals surface area (Å²) in [5, 5.41) is 2.95. The van der Waals surface area contributed by atoms with Crippen LogP contribution in [-0.2, 0) is 0 Å². The van der Waals surface area contributed by atoms with E-state index in [4.69, 9.17) is 19.9 Å². The molecule has 5 heteroatoms. The molecule has 16 heavy (non-hydrogen) atoms. The molecule has 90 valence electrons. The number of nitrogens with one attached hydrogen (secondary N) is 1. The van der Waals surface area contributed by atoms with E-state index in [9.17, 15) is 0 Å². The molecule has 1 atom stereocenters. The highest BCUT2D eigenvalue weighted by atomic mass is 16.5. The third-order valence-electron chi connectivity index (χ3n) is 2.36. The Morgan fingerprint density at radius 3 is 1.88 bits per heavy atom. The number of rotatable bonds is 5. The molecular formula is C11H18N2O3. The van der Waals surface area contributed by atoms with Gasteiger partial charge in [-0.05, 0) is 24.7 Å². The van der Waals surface area contributed by atoms with Gasteiger partial charge in [0.05, 0.1) is 27.5 Å². The molecule has 0 aliphatic carbocycles. The first-order chi connectivity index (χ1) is 7.67. The minimum atomic E-state index is -0.270. The van der Waals surface area contributed by atoms with Crippen molar-refractivity contribution in [2.75, 3.05) is 28.4 Å². The standard InChI is InChI=1S/C11H18N2O3/c1-13-11(12)7-5-8(14-2)10(16-4)9(6-7)15-3/h5-6,11,13H,12H2,1-4H3. The van der Waals surface area contributed by atoms with E-state index in [0.29, 0.717) is 17.2 Å². The predicted octanol–water partition coefficient (Wildman–Crippen LogP) is 0.889. The van der Waals surface area contributed by atoms with Crippen LogP contribution in [0.1, 0.15) is 11.7 Å². The average molecular weight is 226 g/mol. The minimum absolute atomic E-state index is 0.270. The Balaban J connectivity index is 3.25. The molecule has 1 unspecified atom stereocenters. The first kappa shape index (κ1) is 12.6. The molecule has 0 aliphatic heterocycles. The highest BCUT2D eigenvalue weighted by Gasteiger charge is 2.15. The summed E-state index contributed by atoms with van der Waals surface area (Å²) in [6, 6.07) is 3.64. The molecule has 1 aromatic carbocycles. The molecule has 0 saturated carbocycles.